The van der Waals surface area contributed by atoms with Gasteiger partial charge in [0, 0.05) is 11.9 Å². The second kappa shape index (κ2) is 7.88. The molecular formula is C18H20N2O2. The Kier molecular flexibility index (Phi) is 5.60. The maximum absolute atomic E-state index is 11.8. The zero-order chi connectivity index (χ0) is 15.8. The van der Waals surface area contributed by atoms with Gasteiger partial charge in [0.1, 0.15) is 5.75 Å². The Bertz CT molecular complexity index is 631. The predicted octanol–water partition coefficient (Wildman–Crippen LogP) is 4.19. The summed E-state index contributed by atoms with van der Waals surface area (Å²) in [6.07, 6.45) is 3.46. The largest absolute Gasteiger partial charge is 0.494 e. The summed E-state index contributed by atoms with van der Waals surface area (Å²) in [5, 5.41) is 5.42. The van der Waals surface area contributed by atoms with Crippen LogP contribution in [0.5, 0.6) is 5.75 Å². The number of ether oxygens (including phenoxy) is 1. The van der Waals surface area contributed by atoms with Gasteiger partial charge in [-0.2, -0.15) is 0 Å². The quantitative estimate of drug-likeness (QED) is 0.869. The molecule has 0 aliphatic rings. The molecule has 2 rings (SSSR count). The summed E-state index contributed by atoms with van der Waals surface area (Å²) in [5.74, 6) is 0.785. The first-order chi connectivity index (χ1) is 10.7. The van der Waals surface area contributed by atoms with E-state index in [2.05, 4.69) is 10.6 Å². The molecule has 0 aromatic heterocycles. The van der Waals surface area contributed by atoms with Crippen LogP contribution in [-0.4, -0.2) is 12.6 Å². The summed E-state index contributed by atoms with van der Waals surface area (Å²) in [6, 6.07) is 15.0. The van der Waals surface area contributed by atoms with Gasteiger partial charge < -0.3 is 15.4 Å². The van der Waals surface area contributed by atoms with Crippen LogP contribution >= 0.6 is 0 Å². The van der Waals surface area contributed by atoms with E-state index in [1.54, 1.807) is 18.3 Å². The highest BCUT2D eigenvalue weighted by molar-refractivity contribution is 5.90. The second-order valence-electron chi connectivity index (χ2n) is 4.80. The highest BCUT2D eigenvalue weighted by Crippen LogP contribution is 2.15. The van der Waals surface area contributed by atoms with E-state index in [9.17, 15) is 4.79 Å². The van der Waals surface area contributed by atoms with Crippen molar-refractivity contribution in [1.82, 2.24) is 5.32 Å². The van der Waals surface area contributed by atoms with Crippen molar-refractivity contribution in [2.75, 3.05) is 11.9 Å². The van der Waals surface area contributed by atoms with Crippen LogP contribution in [0.15, 0.2) is 54.7 Å². The van der Waals surface area contributed by atoms with E-state index >= 15 is 0 Å². The number of rotatable bonds is 5. The highest BCUT2D eigenvalue weighted by Gasteiger charge is 1.99. The zero-order valence-electron chi connectivity index (χ0n) is 12.8. The molecule has 2 aromatic rings. The van der Waals surface area contributed by atoms with Gasteiger partial charge in [0.15, 0.2) is 0 Å². The lowest BCUT2D eigenvalue weighted by Gasteiger charge is -2.06. The number of aryl methyl sites for hydroxylation is 1. The number of carbonyl (C=O) groups excluding carboxylic acids is 1. The molecule has 114 valence electrons. The van der Waals surface area contributed by atoms with Crippen molar-refractivity contribution in [1.29, 1.82) is 0 Å². The maximum atomic E-state index is 11.8. The van der Waals surface area contributed by atoms with E-state index in [0.29, 0.717) is 12.3 Å². The fourth-order valence-electron chi connectivity index (χ4n) is 1.86. The average Bonchev–Trinajstić information content (AvgIpc) is 2.51. The van der Waals surface area contributed by atoms with Crippen LogP contribution in [0.2, 0.25) is 0 Å². The van der Waals surface area contributed by atoms with Crippen LogP contribution in [0.1, 0.15) is 18.1 Å². The smallest absolute Gasteiger partial charge is 0.323 e. The van der Waals surface area contributed by atoms with Gasteiger partial charge in [-0.15, -0.1) is 0 Å². The molecule has 2 N–H and O–H groups in total. The molecular weight excluding hydrogens is 276 g/mol. The van der Waals surface area contributed by atoms with Gasteiger partial charge in [-0.25, -0.2) is 4.79 Å². The lowest BCUT2D eigenvalue weighted by molar-refractivity contribution is 0.255. The minimum atomic E-state index is -0.285. The summed E-state index contributed by atoms with van der Waals surface area (Å²) in [5.41, 5.74) is 2.95. The molecule has 0 saturated heterocycles. The Morgan fingerprint density at radius 3 is 2.41 bits per heavy atom. The zero-order valence-corrected chi connectivity index (χ0v) is 12.8. The first-order valence-corrected chi connectivity index (χ1v) is 7.21. The lowest BCUT2D eigenvalue weighted by Crippen LogP contribution is -2.23. The Morgan fingerprint density at radius 2 is 1.77 bits per heavy atom. The van der Waals surface area contributed by atoms with Gasteiger partial charge >= 0.3 is 6.03 Å². The van der Waals surface area contributed by atoms with Crippen LogP contribution in [0.3, 0.4) is 0 Å². The molecule has 0 fully saturated rings. The number of urea groups is 1. The lowest BCUT2D eigenvalue weighted by atomic mass is 10.1. The topological polar surface area (TPSA) is 50.4 Å². The fraction of sp³-hybridized carbons (Fsp3) is 0.167. The molecule has 0 spiro atoms. The number of benzene rings is 2. The summed E-state index contributed by atoms with van der Waals surface area (Å²) in [7, 11) is 0. The van der Waals surface area contributed by atoms with E-state index in [4.69, 9.17) is 4.74 Å². The molecule has 0 atom stereocenters. The van der Waals surface area contributed by atoms with Crippen LogP contribution in [0, 0.1) is 6.92 Å². The van der Waals surface area contributed by atoms with Gasteiger partial charge in [-0.05, 0) is 49.8 Å². The number of hydrogen-bond acceptors (Lipinski definition) is 2. The molecule has 0 aliphatic carbocycles. The van der Waals surface area contributed by atoms with Crippen LogP contribution in [0.25, 0.3) is 6.08 Å². The number of anilines is 1. The molecule has 22 heavy (non-hydrogen) atoms. The fourth-order valence-corrected chi connectivity index (χ4v) is 1.86. The third-order valence-electron chi connectivity index (χ3n) is 2.99. The Labute approximate surface area is 130 Å². The molecule has 4 heteroatoms. The van der Waals surface area contributed by atoms with Crippen LogP contribution in [0.4, 0.5) is 10.5 Å². The van der Waals surface area contributed by atoms with Crippen molar-refractivity contribution in [3.8, 4) is 5.75 Å². The molecule has 4 nitrogen and oxygen atoms in total. The van der Waals surface area contributed by atoms with E-state index in [1.807, 2.05) is 56.3 Å². The van der Waals surface area contributed by atoms with Gasteiger partial charge in [0.2, 0.25) is 0 Å². The first-order valence-electron chi connectivity index (χ1n) is 7.21. The minimum Gasteiger partial charge on any atom is -0.494 e. The standard InChI is InChI=1S/C18H20N2O2/c1-3-22-17-10-8-16(9-11-17)20-18(21)19-13-12-15-6-4-14(2)5-7-15/h4-13H,3H2,1-2H3,(H2,19,20,21)/b13-12+. The Balaban J connectivity index is 1.83. The molecule has 0 aliphatic heterocycles. The average molecular weight is 296 g/mol. The first kappa shape index (κ1) is 15.6. The predicted molar refractivity (Wildman–Crippen MR) is 90.0 cm³/mol. The second-order valence-corrected chi connectivity index (χ2v) is 4.80. The molecule has 2 amide bonds. The van der Waals surface area contributed by atoms with Crippen molar-refractivity contribution in [3.05, 3.63) is 65.9 Å². The molecule has 0 unspecified atom stereocenters. The van der Waals surface area contributed by atoms with Crippen molar-refractivity contribution in [2.45, 2.75) is 13.8 Å². The summed E-state index contributed by atoms with van der Waals surface area (Å²) < 4.78 is 5.35. The van der Waals surface area contributed by atoms with Crippen molar-refractivity contribution in [3.63, 3.8) is 0 Å². The van der Waals surface area contributed by atoms with E-state index in [1.165, 1.54) is 5.56 Å². The van der Waals surface area contributed by atoms with Gasteiger partial charge in [0.05, 0.1) is 6.61 Å². The summed E-state index contributed by atoms with van der Waals surface area (Å²) in [6.45, 7) is 4.59. The van der Waals surface area contributed by atoms with Gasteiger partial charge in [0.25, 0.3) is 0 Å². The Morgan fingerprint density at radius 1 is 1.09 bits per heavy atom. The van der Waals surface area contributed by atoms with Crippen LogP contribution < -0.4 is 15.4 Å². The van der Waals surface area contributed by atoms with Crippen molar-refractivity contribution < 1.29 is 9.53 Å². The molecule has 0 bridgehead atoms. The molecule has 0 radical (unpaired) electrons. The number of nitrogens with one attached hydrogen (secondary N) is 2. The SMILES string of the molecule is CCOc1ccc(NC(=O)N/C=C/c2ccc(C)cc2)cc1. The summed E-state index contributed by atoms with van der Waals surface area (Å²) >= 11 is 0. The van der Waals surface area contributed by atoms with Crippen molar-refractivity contribution >= 4 is 17.8 Å². The van der Waals surface area contributed by atoms with E-state index in [-0.39, 0.29) is 6.03 Å². The molecule has 0 saturated carbocycles. The van der Waals surface area contributed by atoms with Gasteiger partial charge in [-0.1, -0.05) is 29.8 Å². The third kappa shape index (κ3) is 4.98. The number of amides is 2. The van der Waals surface area contributed by atoms with Gasteiger partial charge in [-0.3, -0.25) is 0 Å². The molecule has 0 heterocycles. The minimum absolute atomic E-state index is 0.285. The molecule has 2 aromatic carbocycles. The third-order valence-corrected chi connectivity index (χ3v) is 2.99. The number of carbonyl (C=O) groups is 1. The maximum Gasteiger partial charge on any atom is 0.323 e. The Hall–Kier alpha value is -2.75. The van der Waals surface area contributed by atoms with Crippen molar-refractivity contribution in [2.24, 2.45) is 0 Å². The van der Waals surface area contributed by atoms with E-state index < -0.39 is 0 Å². The summed E-state index contributed by atoms with van der Waals surface area (Å²) in [4.78, 5) is 11.8. The van der Waals surface area contributed by atoms with Crippen LogP contribution in [-0.2, 0) is 0 Å². The monoisotopic (exact) mass is 296 g/mol. The number of hydrogen-bond donors (Lipinski definition) is 2. The highest BCUT2D eigenvalue weighted by atomic mass is 16.5. The normalized spacial score (nSPS) is 10.5. The van der Waals surface area contributed by atoms with E-state index in [0.717, 1.165) is 11.3 Å².